The highest BCUT2D eigenvalue weighted by Gasteiger charge is 2.14. The Morgan fingerprint density at radius 2 is 1.56 bits per heavy atom. The van der Waals surface area contributed by atoms with Gasteiger partial charge in [-0.15, -0.1) is 0 Å². The van der Waals surface area contributed by atoms with Gasteiger partial charge >= 0.3 is 11.9 Å². The monoisotopic (exact) mass is 354 g/mol. The highest BCUT2D eigenvalue weighted by Crippen LogP contribution is 2.15. The molecule has 0 aromatic carbocycles. The molecule has 6 nitrogen and oxygen atoms in total. The largest absolute Gasteiger partial charge is 0.421 e. The molecule has 0 aromatic heterocycles. The summed E-state index contributed by atoms with van der Waals surface area (Å²) in [6.07, 6.45) is 4.66. The van der Waals surface area contributed by atoms with Crippen LogP contribution in [0.15, 0.2) is 35.5 Å². The molecular formula is C19H30O6. The van der Waals surface area contributed by atoms with Crippen LogP contribution >= 0.6 is 0 Å². The summed E-state index contributed by atoms with van der Waals surface area (Å²) in [7, 11) is 0. The van der Waals surface area contributed by atoms with Crippen LogP contribution in [0.25, 0.3) is 0 Å². The first-order valence-electron chi connectivity index (χ1n) is 8.08. The molecule has 0 saturated heterocycles. The average molecular weight is 354 g/mol. The van der Waals surface area contributed by atoms with Crippen molar-refractivity contribution in [2.24, 2.45) is 5.41 Å². The summed E-state index contributed by atoms with van der Waals surface area (Å²) in [5, 5.41) is 9.94. The van der Waals surface area contributed by atoms with E-state index in [1.165, 1.54) is 19.9 Å². The van der Waals surface area contributed by atoms with E-state index in [1.54, 1.807) is 32.1 Å². The molecule has 142 valence electrons. The van der Waals surface area contributed by atoms with Gasteiger partial charge in [-0.2, -0.15) is 0 Å². The van der Waals surface area contributed by atoms with Crippen molar-refractivity contribution in [2.45, 2.75) is 61.0 Å². The minimum absolute atomic E-state index is 0.0289. The molecular weight excluding hydrogens is 324 g/mol. The second kappa shape index (κ2) is 10.8. The lowest BCUT2D eigenvalue weighted by molar-refractivity contribution is -0.176. The van der Waals surface area contributed by atoms with Gasteiger partial charge in [-0.1, -0.05) is 39.0 Å². The van der Waals surface area contributed by atoms with Gasteiger partial charge in [0, 0.05) is 13.8 Å². The third kappa shape index (κ3) is 13.1. The molecule has 0 rings (SSSR count). The number of ether oxygens (including phenoxy) is 3. The van der Waals surface area contributed by atoms with Crippen molar-refractivity contribution in [2.75, 3.05) is 6.61 Å². The van der Waals surface area contributed by atoms with E-state index >= 15 is 0 Å². The minimum atomic E-state index is -1.06. The van der Waals surface area contributed by atoms with Crippen LogP contribution < -0.4 is 0 Å². The van der Waals surface area contributed by atoms with E-state index in [1.807, 2.05) is 20.8 Å². The third-order valence-corrected chi connectivity index (χ3v) is 2.75. The predicted molar refractivity (Wildman–Crippen MR) is 95.4 cm³/mol. The molecule has 0 radical (unpaired) electrons. The van der Waals surface area contributed by atoms with Crippen molar-refractivity contribution in [1.82, 2.24) is 0 Å². The van der Waals surface area contributed by atoms with Gasteiger partial charge in [-0.05, 0) is 36.5 Å². The number of aliphatic hydroxyl groups is 1. The first kappa shape index (κ1) is 23.1. The quantitative estimate of drug-likeness (QED) is 0.409. The summed E-state index contributed by atoms with van der Waals surface area (Å²) in [4.78, 5) is 22.0. The van der Waals surface area contributed by atoms with Crippen LogP contribution in [-0.2, 0) is 23.8 Å². The zero-order valence-electron chi connectivity index (χ0n) is 16.2. The van der Waals surface area contributed by atoms with E-state index < -0.39 is 24.5 Å². The molecule has 0 fully saturated rings. The van der Waals surface area contributed by atoms with Crippen molar-refractivity contribution >= 4 is 11.9 Å². The zero-order chi connectivity index (χ0) is 19.6. The maximum absolute atomic E-state index is 11.0. The Balaban J connectivity index is 4.80. The van der Waals surface area contributed by atoms with E-state index in [4.69, 9.17) is 14.2 Å². The molecule has 0 saturated carbocycles. The molecule has 0 aromatic rings. The van der Waals surface area contributed by atoms with E-state index in [0.29, 0.717) is 12.2 Å². The lowest BCUT2D eigenvalue weighted by Crippen LogP contribution is -2.22. The lowest BCUT2D eigenvalue weighted by Gasteiger charge is -2.21. The molecule has 0 bridgehead atoms. The number of aliphatic hydroxyl groups excluding tert-OH is 1. The standard InChI is InChI=1S/C19H30O6/c1-13(11-17(24-15(3)20)25-16(4)21)9-8-10-14(2)18(22)23-12-19(5,6)7/h8-11,17-18,22H,12H2,1-7H3. The highest BCUT2D eigenvalue weighted by atomic mass is 16.7. The average Bonchev–Trinajstić information content (AvgIpc) is 2.42. The molecule has 0 heterocycles. The summed E-state index contributed by atoms with van der Waals surface area (Å²) in [6, 6.07) is 0. The molecule has 25 heavy (non-hydrogen) atoms. The Morgan fingerprint density at radius 1 is 1.04 bits per heavy atom. The number of esters is 2. The second-order valence-corrected chi connectivity index (χ2v) is 6.99. The van der Waals surface area contributed by atoms with E-state index in [0.717, 1.165) is 5.57 Å². The molecule has 0 aliphatic rings. The van der Waals surface area contributed by atoms with Gasteiger partial charge in [0.15, 0.2) is 6.29 Å². The highest BCUT2D eigenvalue weighted by molar-refractivity contribution is 5.68. The number of hydrogen-bond acceptors (Lipinski definition) is 6. The van der Waals surface area contributed by atoms with Gasteiger partial charge in [-0.3, -0.25) is 9.59 Å². The fraction of sp³-hybridized carbons (Fsp3) is 0.579. The Bertz CT molecular complexity index is 521. The van der Waals surface area contributed by atoms with Crippen LogP contribution in [0.2, 0.25) is 0 Å². The Hall–Kier alpha value is -1.92. The van der Waals surface area contributed by atoms with Crippen molar-refractivity contribution < 1.29 is 28.9 Å². The third-order valence-electron chi connectivity index (χ3n) is 2.75. The second-order valence-electron chi connectivity index (χ2n) is 6.99. The van der Waals surface area contributed by atoms with Gasteiger partial charge in [0.1, 0.15) is 0 Å². The van der Waals surface area contributed by atoms with Crippen LogP contribution in [0.1, 0.15) is 48.5 Å². The Labute approximate surface area is 150 Å². The number of rotatable bonds is 8. The van der Waals surface area contributed by atoms with Gasteiger partial charge in [0.2, 0.25) is 0 Å². The van der Waals surface area contributed by atoms with Crippen LogP contribution in [0.3, 0.4) is 0 Å². The van der Waals surface area contributed by atoms with Crippen LogP contribution in [0.5, 0.6) is 0 Å². The molecule has 1 atom stereocenters. The Kier molecular flexibility index (Phi) is 10.0. The van der Waals surface area contributed by atoms with Crippen LogP contribution in [-0.4, -0.2) is 36.2 Å². The summed E-state index contributed by atoms with van der Waals surface area (Å²) >= 11 is 0. The SMILES string of the molecule is CC(=O)OC(C=C(C)C=CC=C(C)C(O)OCC(C)(C)C)OC(C)=O. The smallest absolute Gasteiger partial charge is 0.305 e. The number of allylic oxidation sites excluding steroid dienone is 4. The van der Waals surface area contributed by atoms with Crippen LogP contribution in [0, 0.1) is 5.41 Å². The van der Waals surface area contributed by atoms with E-state index in [-0.39, 0.29) is 5.41 Å². The van der Waals surface area contributed by atoms with Crippen molar-refractivity contribution in [3.05, 3.63) is 35.5 Å². The molecule has 1 unspecified atom stereocenters. The number of hydrogen-bond donors (Lipinski definition) is 1. The molecule has 0 aliphatic carbocycles. The molecule has 0 amide bonds. The normalized spacial score (nSPS) is 14.8. The summed E-state index contributed by atoms with van der Waals surface area (Å²) in [5.74, 6) is -1.09. The van der Waals surface area contributed by atoms with Gasteiger partial charge in [0.05, 0.1) is 6.61 Å². The van der Waals surface area contributed by atoms with Crippen LogP contribution in [0.4, 0.5) is 0 Å². The molecule has 1 N–H and O–H groups in total. The van der Waals surface area contributed by atoms with Gasteiger partial charge in [-0.25, -0.2) is 0 Å². The van der Waals surface area contributed by atoms with Gasteiger partial charge < -0.3 is 19.3 Å². The molecule has 6 heteroatoms. The first-order chi connectivity index (χ1) is 11.4. The fourth-order valence-electron chi connectivity index (χ4n) is 1.58. The Morgan fingerprint density at radius 3 is 2.00 bits per heavy atom. The minimum Gasteiger partial charge on any atom is -0.421 e. The molecule has 0 aliphatic heterocycles. The predicted octanol–water partition coefficient (Wildman–Crippen LogP) is 3.27. The number of carbonyl (C=O) groups is 2. The maximum atomic E-state index is 11.0. The topological polar surface area (TPSA) is 82.1 Å². The fourth-order valence-corrected chi connectivity index (χ4v) is 1.58. The van der Waals surface area contributed by atoms with Gasteiger partial charge in [0.25, 0.3) is 6.29 Å². The molecule has 0 spiro atoms. The summed E-state index contributed by atoms with van der Waals surface area (Å²) < 4.78 is 15.2. The summed E-state index contributed by atoms with van der Waals surface area (Å²) in [6.45, 7) is 12.5. The van der Waals surface area contributed by atoms with Crippen molar-refractivity contribution in [3.8, 4) is 0 Å². The maximum Gasteiger partial charge on any atom is 0.305 e. The van der Waals surface area contributed by atoms with Crippen molar-refractivity contribution in [3.63, 3.8) is 0 Å². The summed E-state index contributed by atoms with van der Waals surface area (Å²) in [5.41, 5.74) is 1.35. The zero-order valence-corrected chi connectivity index (χ0v) is 16.2. The van der Waals surface area contributed by atoms with E-state index in [2.05, 4.69) is 0 Å². The number of carbonyl (C=O) groups excluding carboxylic acids is 2. The first-order valence-corrected chi connectivity index (χ1v) is 8.08. The lowest BCUT2D eigenvalue weighted by atomic mass is 9.99. The van der Waals surface area contributed by atoms with E-state index in [9.17, 15) is 14.7 Å². The van der Waals surface area contributed by atoms with Crippen molar-refractivity contribution in [1.29, 1.82) is 0 Å².